The number of hydrogen-bond donors (Lipinski definition) is 0. The van der Waals surface area contributed by atoms with Crippen molar-refractivity contribution in [3.63, 3.8) is 0 Å². The lowest BCUT2D eigenvalue weighted by molar-refractivity contribution is 0.0967. The number of ketones is 1. The number of pyridine rings is 1. The average Bonchev–Trinajstić information content (AvgIpc) is 3.11. The molecular formula is C13H10FNO. The predicted octanol–water partition coefficient (Wildman–Crippen LogP) is 2.97. The normalized spacial score (nSPS) is 15.3. The van der Waals surface area contributed by atoms with Crippen LogP contribution in [0, 0.1) is 11.7 Å². The number of benzene rings is 1. The van der Waals surface area contributed by atoms with Crippen molar-refractivity contribution in [2.24, 2.45) is 5.92 Å². The molecule has 1 aromatic heterocycles. The molecule has 0 amide bonds. The van der Waals surface area contributed by atoms with Gasteiger partial charge in [0, 0.05) is 23.1 Å². The number of carbonyl (C=O) groups excluding carboxylic acids is 1. The van der Waals surface area contributed by atoms with E-state index < -0.39 is 0 Å². The summed E-state index contributed by atoms with van der Waals surface area (Å²) in [6, 6.07) is 6.13. The van der Waals surface area contributed by atoms with E-state index in [1.54, 1.807) is 18.3 Å². The van der Waals surface area contributed by atoms with Gasteiger partial charge in [-0.15, -0.1) is 0 Å². The minimum Gasteiger partial charge on any atom is -0.294 e. The van der Waals surface area contributed by atoms with Crippen LogP contribution in [0.15, 0.2) is 30.5 Å². The average molecular weight is 215 g/mol. The Labute approximate surface area is 92.1 Å². The molecule has 2 nitrogen and oxygen atoms in total. The molecule has 16 heavy (non-hydrogen) atoms. The van der Waals surface area contributed by atoms with Gasteiger partial charge in [0.15, 0.2) is 5.78 Å². The molecule has 0 N–H and O–H groups in total. The highest BCUT2D eigenvalue weighted by molar-refractivity contribution is 6.01. The van der Waals surface area contributed by atoms with Crippen molar-refractivity contribution in [2.75, 3.05) is 0 Å². The molecule has 0 saturated heterocycles. The number of nitrogens with zero attached hydrogens (tertiary/aromatic N) is 1. The van der Waals surface area contributed by atoms with Crippen LogP contribution in [0.25, 0.3) is 10.9 Å². The van der Waals surface area contributed by atoms with Crippen LogP contribution in [-0.2, 0) is 0 Å². The third kappa shape index (κ3) is 1.58. The van der Waals surface area contributed by atoms with E-state index in [0.29, 0.717) is 16.5 Å². The Morgan fingerprint density at radius 2 is 2.12 bits per heavy atom. The Morgan fingerprint density at radius 1 is 1.31 bits per heavy atom. The summed E-state index contributed by atoms with van der Waals surface area (Å²) < 4.78 is 13.0. The van der Waals surface area contributed by atoms with Crippen LogP contribution in [0.5, 0.6) is 0 Å². The second kappa shape index (κ2) is 3.37. The molecule has 0 atom stereocenters. The van der Waals surface area contributed by atoms with E-state index in [-0.39, 0.29) is 17.5 Å². The number of hydrogen-bond acceptors (Lipinski definition) is 2. The number of rotatable bonds is 2. The lowest BCUT2D eigenvalue weighted by Gasteiger charge is -2.01. The zero-order valence-electron chi connectivity index (χ0n) is 8.61. The van der Waals surface area contributed by atoms with Gasteiger partial charge in [-0.3, -0.25) is 9.78 Å². The fourth-order valence-electron chi connectivity index (χ4n) is 1.82. The van der Waals surface area contributed by atoms with Crippen LogP contribution in [0.1, 0.15) is 23.2 Å². The van der Waals surface area contributed by atoms with E-state index in [4.69, 9.17) is 0 Å². The lowest BCUT2D eigenvalue weighted by atomic mass is 10.1. The maximum absolute atomic E-state index is 13.0. The van der Waals surface area contributed by atoms with Gasteiger partial charge in [-0.05, 0) is 37.1 Å². The van der Waals surface area contributed by atoms with Gasteiger partial charge >= 0.3 is 0 Å². The standard InChI is InChI=1S/C13H10FNO/c14-11-3-4-12-9(6-11)5-10(7-15-12)13(16)8-1-2-8/h3-8H,1-2H2. The van der Waals surface area contributed by atoms with Crippen LogP contribution < -0.4 is 0 Å². The van der Waals surface area contributed by atoms with Crippen molar-refractivity contribution in [3.8, 4) is 0 Å². The smallest absolute Gasteiger partial charge is 0.167 e. The van der Waals surface area contributed by atoms with Crippen LogP contribution in [0.2, 0.25) is 0 Å². The molecule has 0 aliphatic heterocycles. The van der Waals surface area contributed by atoms with Crippen LogP contribution in [0.3, 0.4) is 0 Å². The predicted molar refractivity (Wildman–Crippen MR) is 58.8 cm³/mol. The number of aromatic nitrogens is 1. The zero-order valence-corrected chi connectivity index (χ0v) is 8.61. The Balaban J connectivity index is 2.10. The lowest BCUT2D eigenvalue weighted by Crippen LogP contribution is -2.01. The highest BCUT2D eigenvalue weighted by atomic mass is 19.1. The Hall–Kier alpha value is -1.77. The van der Waals surface area contributed by atoms with Gasteiger partial charge in [0.1, 0.15) is 5.82 Å². The van der Waals surface area contributed by atoms with Gasteiger partial charge < -0.3 is 0 Å². The van der Waals surface area contributed by atoms with Crippen molar-refractivity contribution in [3.05, 3.63) is 41.8 Å². The fraction of sp³-hybridized carbons (Fsp3) is 0.231. The summed E-state index contributed by atoms with van der Waals surface area (Å²) in [6.07, 6.45) is 3.53. The van der Waals surface area contributed by atoms with Gasteiger partial charge in [0.05, 0.1) is 5.52 Å². The van der Waals surface area contributed by atoms with Crippen molar-refractivity contribution in [1.29, 1.82) is 0 Å². The zero-order chi connectivity index (χ0) is 11.1. The van der Waals surface area contributed by atoms with Gasteiger partial charge in [-0.1, -0.05) is 0 Å². The molecule has 0 radical (unpaired) electrons. The number of Topliss-reactive ketones (excluding diaryl/α,β-unsaturated/α-hetero) is 1. The van der Waals surface area contributed by atoms with Gasteiger partial charge in [0.2, 0.25) is 0 Å². The molecular weight excluding hydrogens is 205 g/mol. The molecule has 0 spiro atoms. The largest absolute Gasteiger partial charge is 0.294 e. The summed E-state index contributed by atoms with van der Waals surface area (Å²) in [6.45, 7) is 0. The third-order valence-corrected chi connectivity index (χ3v) is 2.88. The fourth-order valence-corrected chi connectivity index (χ4v) is 1.82. The summed E-state index contributed by atoms with van der Waals surface area (Å²) >= 11 is 0. The van der Waals surface area contributed by atoms with E-state index in [1.807, 2.05) is 0 Å². The van der Waals surface area contributed by atoms with E-state index in [0.717, 1.165) is 12.8 Å². The third-order valence-electron chi connectivity index (χ3n) is 2.88. The van der Waals surface area contributed by atoms with Crippen LogP contribution in [-0.4, -0.2) is 10.8 Å². The Kier molecular flexibility index (Phi) is 1.99. The minimum absolute atomic E-state index is 0.138. The summed E-state index contributed by atoms with van der Waals surface area (Å²) in [4.78, 5) is 16.0. The minimum atomic E-state index is -0.301. The number of fused-ring (bicyclic) bond motifs is 1. The molecule has 1 aromatic carbocycles. The first kappa shape index (κ1) is 9.46. The topological polar surface area (TPSA) is 30.0 Å². The van der Waals surface area contributed by atoms with E-state index in [1.165, 1.54) is 12.1 Å². The summed E-state index contributed by atoms with van der Waals surface area (Å²) in [5.41, 5.74) is 1.31. The molecule has 3 heteroatoms. The van der Waals surface area contributed by atoms with Crippen LogP contribution >= 0.6 is 0 Å². The molecule has 2 aromatic rings. The molecule has 3 rings (SSSR count). The second-order valence-electron chi connectivity index (χ2n) is 4.20. The first-order chi connectivity index (χ1) is 7.74. The molecule has 1 heterocycles. The molecule has 1 aliphatic carbocycles. The molecule has 0 bridgehead atoms. The highest BCUT2D eigenvalue weighted by Gasteiger charge is 2.30. The second-order valence-corrected chi connectivity index (χ2v) is 4.20. The maximum Gasteiger partial charge on any atom is 0.167 e. The Morgan fingerprint density at radius 3 is 2.88 bits per heavy atom. The first-order valence-corrected chi connectivity index (χ1v) is 5.33. The van der Waals surface area contributed by atoms with E-state index >= 15 is 0 Å². The molecule has 80 valence electrons. The number of halogens is 1. The monoisotopic (exact) mass is 215 g/mol. The Bertz CT molecular complexity index is 575. The molecule has 0 unspecified atom stereocenters. The van der Waals surface area contributed by atoms with E-state index in [9.17, 15) is 9.18 Å². The van der Waals surface area contributed by atoms with Crippen molar-refractivity contribution < 1.29 is 9.18 Å². The SMILES string of the molecule is O=C(c1cnc2ccc(F)cc2c1)C1CC1. The van der Waals surface area contributed by atoms with Crippen molar-refractivity contribution >= 4 is 16.7 Å². The summed E-state index contributed by atoms with van der Waals surface area (Å²) in [5, 5.41) is 0.687. The highest BCUT2D eigenvalue weighted by Crippen LogP contribution is 2.32. The van der Waals surface area contributed by atoms with Crippen molar-refractivity contribution in [2.45, 2.75) is 12.8 Å². The van der Waals surface area contributed by atoms with Crippen LogP contribution in [0.4, 0.5) is 4.39 Å². The van der Waals surface area contributed by atoms with Gasteiger partial charge in [-0.25, -0.2) is 4.39 Å². The molecule has 1 saturated carbocycles. The quantitative estimate of drug-likeness (QED) is 0.721. The van der Waals surface area contributed by atoms with E-state index in [2.05, 4.69) is 4.98 Å². The summed E-state index contributed by atoms with van der Waals surface area (Å²) in [5.74, 6) is 0.0109. The molecule has 1 fully saturated rings. The van der Waals surface area contributed by atoms with Crippen molar-refractivity contribution in [1.82, 2.24) is 4.98 Å². The summed E-state index contributed by atoms with van der Waals surface area (Å²) in [7, 11) is 0. The first-order valence-electron chi connectivity index (χ1n) is 5.33. The molecule has 1 aliphatic rings. The maximum atomic E-state index is 13.0. The van der Waals surface area contributed by atoms with Gasteiger partial charge in [0.25, 0.3) is 0 Å². The van der Waals surface area contributed by atoms with Gasteiger partial charge in [-0.2, -0.15) is 0 Å². The number of carbonyl (C=O) groups is 1.